The van der Waals surface area contributed by atoms with Crippen LogP contribution in [0.5, 0.6) is 0 Å². The van der Waals surface area contributed by atoms with Crippen molar-refractivity contribution in [3.8, 4) is 0 Å². The van der Waals surface area contributed by atoms with Gasteiger partial charge in [0.1, 0.15) is 0 Å². The molecule has 0 bridgehead atoms. The number of rotatable bonds is 8. The number of hydrogen-bond donors (Lipinski definition) is 0. The van der Waals surface area contributed by atoms with Gasteiger partial charge in [-0.15, -0.1) is 0 Å². The lowest BCUT2D eigenvalue weighted by Crippen LogP contribution is -2.43. The van der Waals surface area contributed by atoms with E-state index in [0.29, 0.717) is 18.2 Å². The van der Waals surface area contributed by atoms with Crippen LogP contribution in [0.15, 0.2) is 42.7 Å². The number of carbonyl (C=O) groups is 1. The molecule has 3 rings (SSSR count). The molecule has 0 aliphatic carbocycles. The van der Waals surface area contributed by atoms with E-state index in [2.05, 4.69) is 73.0 Å². The van der Waals surface area contributed by atoms with Crippen LogP contribution in [0.25, 0.3) is 0 Å². The lowest BCUT2D eigenvalue weighted by atomic mass is 10.0. The lowest BCUT2D eigenvalue weighted by molar-refractivity contribution is 0.0476. The second-order valence-corrected chi connectivity index (χ2v) is 9.31. The highest BCUT2D eigenvalue weighted by atomic mass is 16.5. The molecule has 6 nitrogen and oxygen atoms in total. The summed E-state index contributed by atoms with van der Waals surface area (Å²) in [5.74, 6) is -0.289. The Bertz CT molecular complexity index is 789. The molecule has 2 heterocycles. The smallest absolute Gasteiger partial charge is 0.341 e. The fourth-order valence-electron chi connectivity index (χ4n) is 3.90. The number of carbonyl (C=O) groups excluding carboxylic acids is 1. The first-order chi connectivity index (χ1) is 14.3. The molecule has 164 valence electrons. The quantitative estimate of drug-likeness (QED) is 0.488. The first-order valence-corrected chi connectivity index (χ1v) is 11.0. The molecule has 1 aromatic heterocycles. The first-order valence-electron chi connectivity index (χ1n) is 11.0. The van der Waals surface area contributed by atoms with Gasteiger partial charge in [-0.2, -0.15) is 5.10 Å². The molecule has 0 radical (unpaired) electrons. The molecule has 0 unspecified atom stereocenters. The Hall–Kier alpha value is -2.18. The number of aromatic nitrogens is 2. The van der Waals surface area contributed by atoms with E-state index in [9.17, 15) is 4.79 Å². The van der Waals surface area contributed by atoms with Gasteiger partial charge in [0.05, 0.1) is 23.9 Å². The van der Waals surface area contributed by atoms with Crippen LogP contribution in [0, 0.1) is 0 Å². The Morgan fingerprint density at radius 1 is 1.20 bits per heavy atom. The van der Waals surface area contributed by atoms with Gasteiger partial charge >= 0.3 is 5.97 Å². The summed E-state index contributed by atoms with van der Waals surface area (Å²) in [6.45, 7) is 10.9. The molecule has 1 fully saturated rings. The Morgan fingerprint density at radius 2 is 1.90 bits per heavy atom. The predicted octanol–water partition coefficient (Wildman–Crippen LogP) is 3.78. The van der Waals surface area contributed by atoms with Crippen LogP contribution in [-0.2, 0) is 16.8 Å². The zero-order valence-corrected chi connectivity index (χ0v) is 18.9. The molecule has 0 saturated carbocycles. The van der Waals surface area contributed by atoms with Crippen molar-refractivity contribution in [1.82, 2.24) is 19.6 Å². The van der Waals surface area contributed by atoms with Crippen LogP contribution >= 0.6 is 0 Å². The van der Waals surface area contributed by atoms with E-state index in [-0.39, 0.29) is 11.5 Å². The minimum Gasteiger partial charge on any atom is -0.462 e. The number of ether oxygens (including phenoxy) is 1. The lowest BCUT2D eigenvalue weighted by Gasteiger charge is -2.36. The third-order valence-electron chi connectivity index (χ3n) is 5.82. The van der Waals surface area contributed by atoms with E-state index in [0.717, 1.165) is 32.6 Å². The van der Waals surface area contributed by atoms with Gasteiger partial charge in [-0.1, -0.05) is 30.3 Å². The van der Waals surface area contributed by atoms with Crippen molar-refractivity contribution in [2.45, 2.75) is 58.2 Å². The molecule has 0 N–H and O–H groups in total. The van der Waals surface area contributed by atoms with E-state index >= 15 is 0 Å². The molecule has 1 aromatic carbocycles. The summed E-state index contributed by atoms with van der Waals surface area (Å²) in [6.07, 6.45) is 6.57. The van der Waals surface area contributed by atoms with Crippen LogP contribution in [0.2, 0.25) is 0 Å². The molecule has 1 aliphatic heterocycles. The normalized spacial score (nSPS) is 16.2. The molecule has 0 amide bonds. The van der Waals surface area contributed by atoms with Crippen molar-refractivity contribution in [1.29, 1.82) is 0 Å². The van der Waals surface area contributed by atoms with Gasteiger partial charge in [-0.3, -0.25) is 9.58 Å². The summed E-state index contributed by atoms with van der Waals surface area (Å²) in [6, 6.07) is 11.3. The van der Waals surface area contributed by atoms with Crippen molar-refractivity contribution in [2.24, 2.45) is 0 Å². The molecule has 30 heavy (non-hydrogen) atoms. The van der Waals surface area contributed by atoms with Crippen LogP contribution < -0.4 is 0 Å². The summed E-state index contributed by atoms with van der Waals surface area (Å²) in [7, 11) is 2.19. The predicted molar refractivity (Wildman–Crippen MR) is 119 cm³/mol. The number of benzene rings is 1. The largest absolute Gasteiger partial charge is 0.462 e. The Kier molecular flexibility index (Phi) is 7.67. The van der Waals surface area contributed by atoms with Crippen molar-refractivity contribution in [2.75, 3.05) is 33.3 Å². The molecule has 2 aromatic rings. The number of likely N-dealkylation sites (tertiary alicyclic amines) is 1. The molecule has 6 heteroatoms. The maximum absolute atomic E-state index is 12.2. The summed E-state index contributed by atoms with van der Waals surface area (Å²) in [5, 5.41) is 4.26. The maximum atomic E-state index is 12.2. The Morgan fingerprint density at radius 3 is 2.53 bits per heavy atom. The third kappa shape index (κ3) is 6.41. The van der Waals surface area contributed by atoms with Crippen molar-refractivity contribution < 1.29 is 9.53 Å². The Labute approximate surface area is 180 Å². The van der Waals surface area contributed by atoms with E-state index in [4.69, 9.17) is 4.74 Å². The molecule has 0 spiro atoms. The van der Waals surface area contributed by atoms with Gasteiger partial charge < -0.3 is 9.64 Å². The summed E-state index contributed by atoms with van der Waals surface area (Å²) in [5.41, 5.74) is 1.76. The fraction of sp³-hybridized carbons (Fsp3) is 0.583. The zero-order valence-electron chi connectivity index (χ0n) is 18.9. The zero-order chi connectivity index (χ0) is 21.6. The number of nitrogens with zero attached hydrogens (tertiary/aromatic N) is 4. The van der Waals surface area contributed by atoms with Gasteiger partial charge in [0, 0.05) is 25.3 Å². The number of hydrogen-bond acceptors (Lipinski definition) is 5. The van der Waals surface area contributed by atoms with Crippen LogP contribution in [0.3, 0.4) is 0 Å². The number of esters is 1. The second-order valence-electron chi connectivity index (χ2n) is 9.31. The minimum absolute atomic E-state index is 0.141. The van der Waals surface area contributed by atoms with E-state index in [1.165, 1.54) is 18.4 Å². The van der Waals surface area contributed by atoms with Crippen molar-refractivity contribution in [3.05, 3.63) is 53.9 Å². The minimum atomic E-state index is -0.289. The van der Waals surface area contributed by atoms with Gasteiger partial charge in [0.2, 0.25) is 0 Å². The third-order valence-corrected chi connectivity index (χ3v) is 5.82. The average Bonchev–Trinajstić information content (AvgIpc) is 3.23. The molecular formula is C24H36N4O2. The van der Waals surface area contributed by atoms with Crippen LogP contribution in [-0.4, -0.2) is 64.9 Å². The molecule has 1 saturated heterocycles. The molecule has 0 atom stereocenters. The number of piperidine rings is 1. The fourth-order valence-corrected chi connectivity index (χ4v) is 3.90. The SMILES string of the molecule is CN(CCCOC(=O)c1cnn(C(C)(C)C)c1)C1CCN(Cc2ccccc2)CC1. The van der Waals surface area contributed by atoms with Gasteiger partial charge in [0.25, 0.3) is 0 Å². The summed E-state index contributed by atoms with van der Waals surface area (Å²) < 4.78 is 7.24. The van der Waals surface area contributed by atoms with Gasteiger partial charge in [-0.25, -0.2) is 4.79 Å². The summed E-state index contributed by atoms with van der Waals surface area (Å²) >= 11 is 0. The highest BCUT2D eigenvalue weighted by Gasteiger charge is 2.22. The second kappa shape index (κ2) is 10.2. The average molecular weight is 413 g/mol. The van der Waals surface area contributed by atoms with E-state index in [1.54, 1.807) is 17.1 Å². The van der Waals surface area contributed by atoms with Gasteiger partial charge in [0.15, 0.2) is 0 Å². The standard InChI is InChI=1S/C24H36N4O2/c1-24(2,3)28-19-21(17-25-28)23(29)30-16-8-13-26(4)22-11-14-27(15-12-22)18-20-9-6-5-7-10-20/h5-7,9-10,17,19,22H,8,11-16,18H2,1-4H3. The first kappa shape index (κ1) is 22.5. The van der Waals surface area contributed by atoms with E-state index in [1.807, 2.05) is 0 Å². The van der Waals surface area contributed by atoms with Crippen LogP contribution in [0.1, 0.15) is 56.0 Å². The molecular weight excluding hydrogens is 376 g/mol. The maximum Gasteiger partial charge on any atom is 0.341 e. The van der Waals surface area contributed by atoms with Gasteiger partial charge in [-0.05, 0) is 65.7 Å². The van der Waals surface area contributed by atoms with Crippen molar-refractivity contribution >= 4 is 5.97 Å². The monoisotopic (exact) mass is 412 g/mol. The van der Waals surface area contributed by atoms with Crippen LogP contribution in [0.4, 0.5) is 0 Å². The topological polar surface area (TPSA) is 50.6 Å². The van der Waals surface area contributed by atoms with E-state index < -0.39 is 0 Å². The Balaban J connectivity index is 1.33. The highest BCUT2D eigenvalue weighted by Crippen LogP contribution is 2.18. The molecule has 1 aliphatic rings. The van der Waals surface area contributed by atoms with Crippen molar-refractivity contribution in [3.63, 3.8) is 0 Å². The summed E-state index contributed by atoms with van der Waals surface area (Å²) in [4.78, 5) is 17.2. The highest BCUT2D eigenvalue weighted by molar-refractivity contribution is 5.88.